The number of ether oxygens (including phenoxy) is 2. The van der Waals surface area contributed by atoms with Crippen molar-refractivity contribution in [2.24, 2.45) is 5.41 Å². The predicted octanol–water partition coefficient (Wildman–Crippen LogP) is 2.69. The van der Waals surface area contributed by atoms with Crippen molar-refractivity contribution in [3.8, 4) is 11.5 Å². The van der Waals surface area contributed by atoms with Crippen LogP contribution in [0.3, 0.4) is 0 Å². The van der Waals surface area contributed by atoms with Gasteiger partial charge in [0.2, 0.25) is 5.91 Å². The quantitative estimate of drug-likeness (QED) is 0.884. The van der Waals surface area contributed by atoms with Crippen molar-refractivity contribution in [3.63, 3.8) is 0 Å². The van der Waals surface area contributed by atoms with Crippen molar-refractivity contribution < 1.29 is 24.2 Å². The summed E-state index contributed by atoms with van der Waals surface area (Å²) in [6.07, 6.45) is 1.28. The van der Waals surface area contributed by atoms with Crippen molar-refractivity contribution in [2.75, 3.05) is 27.3 Å². The predicted molar refractivity (Wildman–Crippen MR) is 94.1 cm³/mol. The van der Waals surface area contributed by atoms with Gasteiger partial charge < -0.3 is 19.5 Å². The van der Waals surface area contributed by atoms with E-state index >= 15 is 0 Å². The second-order valence-electron chi connectivity index (χ2n) is 7.39. The Morgan fingerprint density at radius 1 is 1.20 bits per heavy atom. The molecule has 25 heavy (non-hydrogen) atoms. The van der Waals surface area contributed by atoms with E-state index in [1.165, 1.54) is 0 Å². The minimum atomic E-state index is -0.887. The minimum Gasteiger partial charge on any atom is -0.493 e. The number of carboxylic acid groups (broad SMARTS) is 1. The highest BCUT2D eigenvalue weighted by atomic mass is 16.5. The van der Waals surface area contributed by atoms with Crippen LogP contribution in [0.5, 0.6) is 11.5 Å². The van der Waals surface area contributed by atoms with Gasteiger partial charge in [0, 0.05) is 13.1 Å². The Labute approximate surface area is 148 Å². The van der Waals surface area contributed by atoms with Gasteiger partial charge in [-0.15, -0.1) is 0 Å². The molecule has 1 aliphatic heterocycles. The van der Waals surface area contributed by atoms with Gasteiger partial charge in [0.05, 0.1) is 25.0 Å². The number of benzene rings is 1. The molecule has 1 amide bonds. The second-order valence-corrected chi connectivity index (χ2v) is 7.39. The molecule has 0 spiro atoms. The Morgan fingerprint density at radius 3 is 2.40 bits per heavy atom. The molecule has 6 nitrogen and oxygen atoms in total. The molecule has 2 rings (SSSR count). The normalized spacial score (nSPS) is 20.9. The lowest BCUT2D eigenvalue weighted by Crippen LogP contribution is -2.52. The molecule has 1 N–H and O–H groups in total. The highest BCUT2D eigenvalue weighted by molar-refractivity contribution is 5.88. The van der Waals surface area contributed by atoms with Crippen LogP contribution in [0.25, 0.3) is 0 Å². The first kappa shape index (κ1) is 19.1. The summed E-state index contributed by atoms with van der Waals surface area (Å²) in [5, 5.41) is 9.47. The minimum absolute atomic E-state index is 0.0769. The van der Waals surface area contributed by atoms with Crippen molar-refractivity contribution in [1.82, 2.24) is 4.90 Å². The summed E-state index contributed by atoms with van der Waals surface area (Å²) in [5.41, 5.74) is -0.879. The lowest BCUT2D eigenvalue weighted by atomic mass is 9.78. The Kier molecular flexibility index (Phi) is 5.30. The molecule has 0 bridgehead atoms. The number of methoxy groups -OCH3 is 2. The third-order valence-electron chi connectivity index (χ3n) is 5.14. The van der Waals surface area contributed by atoms with Crippen LogP contribution in [0.1, 0.15) is 39.2 Å². The topological polar surface area (TPSA) is 76.1 Å². The monoisotopic (exact) mass is 349 g/mol. The Hall–Kier alpha value is -2.24. The number of piperidine rings is 1. The lowest BCUT2D eigenvalue weighted by Gasteiger charge is -2.41. The highest BCUT2D eigenvalue weighted by Crippen LogP contribution is 2.36. The molecule has 138 valence electrons. The maximum absolute atomic E-state index is 13.1. The molecular formula is C19H27NO5. The first-order valence-electron chi connectivity index (χ1n) is 8.41. The van der Waals surface area contributed by atoms with Crippen molar-refractivity contribution in [3.05, 3.63) is 23.8 Å². The van der Waals surface area contributed by atoms with Gasteiger partial charge in [-0.3, -0.25) is 9.59 Å². The van der Waals surface area contributed by atoms with E-state index in [9.17, 15) is 14.7 Å². The summed E-state index contributed by atoms with van der Waals surface area (Å²) < 4.78 is 10.6. The SMILES string of the molecule is COc1ccc(C(C)(C)C(=O)N2CCCC(C)(C(=O)O)C2)cc1OC. The Bertz CT molecular complexity index is 670. The zero-order valence-corrected chi connectivity index (χ0v) is 15.6. The number of nitrogens with zero attached hydrogens (tertiary/aromatic N) is 1. The van der Waals surface area contributed by atoms with Crippen LogP contribution in [0.2, 0.25) is 0 Å². The highest BCUT2D eigenvalue weighted by Gasteiger charge is 2.43. The Morgan fingerprint density at radius 2 is 1.84 bits per heavy atom. The van der Waals surface area contributed by atoms with Gasteiger partial charge in [-0.25, -0.2) is 0 Å². The summed E-state index contributed by atoms with van der Waals surface area (Å²) >= 11 is 0. The average molecular weight is 349 g/mol. The molecule has 0 radical (unpaired) electrons. The maximum atomic E-state index is 13.1. The molecule has 1 fully saturated rings. The number of carbonyl (C=O) groups is 2. The van der Waals surface area contributed by atoms with Crippen LogP contribution in [-0.2, 0) is 15.0 Å². The van der Waals surface area contributed by atoms with Crippen LogP contribution in [-0.4, -0.2) is 49.2 Å². The summed E-state index contributed by atoms with van der Waals surface area (Å²) in [6, 6.07) is 5.43. The molecule has 1 saturated heterocycles. The molecule has 0 aliphatic carbocycles. The van der Waals surface area contributed by atoms with E-state index in [-0.39, 0.29) is 12.5 Å². The maximum Gasteiger partial charge on any atom is 0.311 e. The third kappa shape index (κ3) is 3.57. The van der Waals surface area contributed by atoms with Crippen LogP contribution in [0.15, 0.2) is 18.2 Å². The Balaban J connectivity index is 2.29. The van der Waals surface area contributed by atoms with Gasteiger partial charge in [-0.1, -0.05) is 6.07 Å². The van der Waals surface area contributed by atoms with Gasteiger partial charge in [0.25, 0.3) is 0 Å². The van der Waals surface area contributed by atoms with E-state index in [1.54, 1.807) is 38.2 Å². The molecule has 0 saturated carbocycles. The van der Waals surface area contributed by atoms with E-state index in [2.05, 4.69) is 0 Å². The molecule has 1 heterocycles. The summed E-state index contributed by atoms with van der Waals surface area (Å²) in [5.74, 6) is 0.238. The fraction of sp³-hybridized carbons (Fsp3) is 0.579. The molecule has 1 atom stereocenters. The molecule has 1 aromatic rings. The largest absolute Gasteiger partial charge is 0.493 e. The number of likely N-dealkylation sites (tertiary alicyclic amines) is 1. The number of hydrogen-bond acceptors (Lipinski definition) is 4. The van der Waals surface area contributed by atoms with Crippen LogP contribution >= 0.6 is 0 Å². The van der Waals surface area contributed by atoms with Crippen molar-refractivity contribution in [2.45, 2.75) is 39.0 Å². The van der Waals surface area contributed by atoms with E-state index in [4.69, 9.17) is 9.47 Å². The average Bonchev–Trinajstić information content (AvgIpc) is 2.60. The first-order chi connectivity index (χ1) is 11.7. The smallest absolute Gasteiger partial charge is 0.311 e. The summed E-state index contributed by atoms with van der Waals surface area (Å²) in [7, 11) is 3.12. The fourth-order valence-corrected chi connectivity index (χ4v) is 3.33. The lowest BCUT2D eigenvalue weighted by molar-refractivity contribution is -0.154. The third-order valence-corrected chi connectivity index (χ3v) is 5.14. The molecule has 1 unspecified atom stereocenters. The fourth-order valence-electron chi connectivity index (χ4n) is 3.33. The van der Waals surface area contributed by atoms with E-state index < -0.39 is 16.8 Å². The number of carboxylic acids is 1. The summed E-state index contributed by atoms with van der Waals surface area (Å²) in [6.45, 7) is 6.22. The van der Waals surface area contributed by atoms with Crippen LogP contribution in [0.4, 0.5) is 0 Å². The van der Waals surface area contributed by atoms with Crippen molar-refractivity contribution in [1.29, 1.82) is 0 Å². The molecule has 1 aromatic carbocycles. The van der Waals surface area contributed by atoms with Gasteiger partial charge in [0.15, 0.2) is 11.5 Å². The van der Waals surface area contributed by atoms with E-state index in [1.807, 2.05) is 19.9 Å². The number of carbonyl (C=O) groups excluding carboxylic acids is 1. The van der Waals surface area contributed by atoms with Gasteiger partial charge in [-0.2, -0.15) is 0 Å². The molecule has 6 heteroatoms. The summed E-state index contributed by atoms with van der Waals surface area (Å²) in [4.78, 5) is 26.4. The standard InChI is InChI=1S/C19H27NO5/c1-18(2,13-7-8-14(24-4)15(11-13)25-5)16(21)20-10-6-9-19(3,12-20)17(22)23/h7-8,11H,6,9-10,12H2,1-5H3,(H,22,23). The van der Waals surface area contributed by atoms with Gasteiger partial charge >= 0.3 is 5.97 Å². The van der Waals surface area contributed by atoms with Crippen molar-refractivity contribution >= 4 is 11.9 Å². The zero-order valence-electron chi connectivity index (χ0n) is 15.6. The van der Waals surface area contributed by atoms with Crippen LogP contribution in [0, 0.1) is 5.41 Å². The van der Waals surface area contributed by atoms with Crippen LogP contribution < -0.4 is 9.47 Å². The number of rotatable bonds is 5. The first-order valence-corrected chi connectivity index (χ1v) is 8.41. The van der Waals surface area contributed by atoms with Gasteiger partial charge in [-0.05, 0) is 51.3 Å². The second kappa shape index (κ2) is 6.94. The van der Waals surface area contributed by atoms with Gasteiger partial charge in [0.1, 0.15) is 0 Å². The molecule has 0 aromatic heterocycles. The van der Waals surface area contributed by atoms with E-state index in [0.29, 0.717) is 30.9 Å². The molecular weight excluding hydrogens is 322 g/mol. The molecule has 1 aliphatic rings. The van der Waals surface area contributed by atoms with E-state index in [0.717, 1.165) is 5.56 Å². The number of aliphatic carboxylic acids is 1. The zero-order chi connectivity index (χ0) is 18.8. The number of hydrogen-bond donors (Lipinski definition) is 1. The number of amides is 1.